The molecule has 66 valence electrons. The number of nitrogens with one attached hydrogen (secondary N) is 1. The molecular formula is C11H11NO. The van der Waals surface area contributed by atoms with Gasteiger partial charge < -0.3 is 5.32 Å². The summed E-state index contributed by atoms with van der Waals surface area (Å²) in [5.41, 5.74) is 2.22. The first-order valence-electron chi connectivity index (χ1n) is 4.76. The molecule has 1 aromatic carbocycles. The van der Waals surface area contributed by atoms with Crippen LogP contribution in [0.1, 0.15) is 24.3 Å². The standard InChI is InChI=1S/C11H11NO/c13-11-10(7-5-6-7)8-3-1-2-4-9(8)12-11/h1-4,7,10H,5-6H2,(H,12,13). The van der Waals surface area contributed by atoms with Crippen LogP contribution in [0.5, 0.6) is 0 Å². The molecule has 0 radical (unpaired) electrons. The lowest BCUT2D eigenvalue weighted by molar-refractivity contribution is -0.117. The molecule has 1 aliphatic carbocycles. The molecule has 0 aromatic heterocycles. The molecule has 2 heteroatoms. The molecular weight excluding hydrogens is 162 g/mol. The smallest absolute Gasteiger partial charge is 0.232 e. The fourth-order valence-electron chi connectivity index (χ4n) is 2.13. The summed E-state index contributed by atoms with van der Waals surface area (Å²) in [6.07, 6.45) is 2.43. The number of benzene rings is 1. The molecule has 13 heavy (non-hydrogen) atoms. The number of amides is 1. The summed E-state index contributed by atoms with van der Waals surface area (Å²) in [4.78, 5) is 11.6. The van der Waals surface area contributed by atoms with Crippen molar-refractivity contribution >= 4 is 11.6 Å². The van der Waals surface area contributed by atoms with Gasteiger partial charge in [-0.3, -0.25) is 4.79 Å². The summed E-state index contributed by atoms with van der Waals surface area (Å²) in [6, 6.07) is 8.02. The van der Waals surface area contributed by atoms with Crippen LogP contribution in [0.25, 0.3) is 0 Å². The molecule has 1 fully saturated rings. The van der Waals surface area contributed by atoms with Crippen molar-refractivity contribution in [1.82, 2.24) is 0 Å². The summed E-state index contributed by atoms with van der Waals surface area (Å²) in [5.74, 6) is 0.962. The third-order valence-electron chi connectivity index (χ3n) is 2.93. The molecule has 2 nitrogen and oxygen atoms in total. The van der Waals surface area contributed by atoms with E-state index < -0.39 is 0 Å². The Hall–Kier alpha value is -1.31. The molecule has 1 aromatic rings. The van der Waals surface area contributed by atoms with Gasteiger partial charge in [0.15, 0.2) is 0 Å². The molecule has 1 amide bonds. The number of para-hydroxylation sites is 1. The van der Waals surface area contributed by atoms with Crippen LogP contribution in [0.2, 0.25) is 0 Å². The molecule has 0 bridgehead atoms. The van der Waals surface area contributed by atoms with Gasteiger partial charge in [-0.25, -0.2) is 0 Å². The van der Waals surface area contributed by atoms with Gasteiger partial charge in [-0.05, 0) is 30.4 Å². The van der Waals surface area contributed by atoms with Gasteiger partial charge in [0.05, 0.1) is 5.92 Å². The van der Waals surface area contributed by atoms with E-state index in [1.807, 2.05) is 18.2 Å². The van der Waals surface area contributed by atoms with E-state index in [9.17, 15) is 4.79 Å². The Morgan fingerprint density at radius 2 is 2.00 bits per heavy atom. The molecule has 1 heterocycles. The Balaban J connectivity index is 2.08. The van der Waals surface area contributed by atoms with E-state index in [2.05, 4.69) is 11.4 Å². The van der Waals surface area contributed by atoms with Crippen LogP contribution in [0.15, 0.2) is 24.3 Å². The first-order valence-corrected chi connectivity index (χ1v) is 4.76. The topological polar surface area (TPSA) is 29.1 Å². The molecule has 1 saturated carbocycles. The van der Waals surface area contributed by atoms with E-state index >= 15 is 0 Å². The largest absolute Gasteiger partial charge is 0.325 e. The van der Waals surface area contributed by atoms with E-state index in [1.54, 1.807) is 0 Å². The number of hydrogen-bond acceptors (Lipinski definition) is 1. The van der Waals surface area contributed by atoms with Crippen LogP contribution in [-0.4, -0.2) is 5.91 Å². The summed E-state index contributed by atoms with van der Waals surface area (Å²) in [6.45, 7) is 0. The molecule has 0 saturated heterocycles. The van der Waals surface area contributed by atoms with Gasteiger partial charge in [-0.1, -0.05) is 18.2 Å². The SMILES string of the molecule is O=C1Nc2ccccc2C1C1CC1. The molecule has 2 aliphatic rings. The maximum Gasteiger partial charge on any atom is 0.232 e. The van der Waals surface area contributed by atoms with Gasteiger partial charge in [0, 0.05) is 5.69 Å². The highest BCUT2D eigenvalue weighted by molar-refractivity contribution is 6.03. The zero-order chi connectivity index (χ0) is 8.84. The van der Waals surface area contributed by atoms with Crippen molar-refractivity contribution in [2.45, 2.75) is 18.8 Å². The van der Waals surface area contributed by atoms with E-state index in [0.29, 0.717) is 5.92 Å². The van der Waals surface area contributed by atoms with Crippen LogP contribution in [0, 0.1) is 5.92 Å². The Bertz CT molecular complexity index is 368. The van der Waals surface area contributed by atoms with Crippen molar-refractivity contribution in [1.29, 1.82) is 0 Å². The van der Waals surface area contributed by atoms with Crippen molar-refractivity contribution in [3.8, 4) is 0 Å². The maximum absolute atomic E-state index is 11.6. The Morgan fingerprint density at radius 1 is 1.23 bits per heavy atom. The quantitative estimate of drug-likeness (QED) is 0.692. The lowest BCUT2D eigenvalue weighted by Gasteiger charge is -2.04. The lowest BCUT2D eigenvalue weighted by Crippen LogP contribution is -2.13. The summed E-state index contributed by atoms with van der Waals surface area (Å²) in [5, 5.41) is 2.93. The second kappa shape index (κ2) is 2.34. The minimum Gasteiger partial charge on any atom is -0.325 e. The zero-order valence-electron chi connectivity index (χ0n) is 7.29. The highest BCUT2D eigenvalue weighted by Crippen LogP contribution is 2.47. The van der Waals surface area contributed by atoms with Crippen molar-refractivity contribution in [3.05, 3.63) is 29.8 Å². The molecule has 1 N–H and O–H groups in total. The van der Waals surface area contributed by atoms with Crippen LogP contribution in [0.4, 0.5) is 5.69 Å². The average molecular weight is 173 g/mol. The van der Waals surface area contributed by atoms with Gasteiger partial charge in [0.2, 0.25) is 5.91 Å². The third-order valence-corrected chi connectivity index (χ3v) is 2.93. The zero-order valence-corrected chi connectivity index (χ0v) is 7.29. The Kier molecular flexibility index (Phi) is 1.29. The monoisotopic (exact) mass is 173 g/mol. The van der Waals surface area contributed by atoms with Gasteiger partial charge >= 0.3 is 0 Å². The first kappa shape index (κ1) is 7.13. The Labute approximate surface area is 77.0 Å². The van der Waals surface area contributed by atoms with Crippen molar-refractivity contribution in [3.63, 3.8) is 0 Å². The van der Waals surface area contributed by atoms with Crippen LogP contribution in [-0.2, 0) is 4.79 Å². The second-order valence-electron chi connectivity index (χ2n) is 3.89. The highest BCUT2D eigenvalue weighted by Gasteiger charge is 2.41. The summed E-state index contributed by atoms with van der Waals surface area (Å²) >= 11 is 0. The number of anilines is 1. The Morgan fingerprint density at radius 3 is 2.77 bits per heavy atom. The first-order chi connectivity index (χ1) is 6.36. The fraction of sp³-hybridized carbons (Fsp3) is 0.364. The van der Waals surface area contributed by atoms with Crippen LogP contribution < -0.4 is 5.32 Å². The van der Waals surface area contributed by atoms with Gasteiger partial charge in [0.25, 0.3) is 0 Å². The molecule has 1 unspecified atom stereocenters. The molecule has 1 atom stereocenters. The van der Waals surface area contributed by atoms with Crippen molar-refractivity contribution in [2.24, 2.45) is 5.92 Å². The predicted octanol–water partition coefficient (Wildman–Crippen LogP) is 2.13. The van der Waals surface area contributed by atoms with Crippen molar-refractivity contribution in [2.75, 3.05) is 5.32 Å². The molecule has 1 aliphatic heterocycles. The van der Waals surface area contributed by atoms with Gasteiger partial charge in [-0.15, -0.1) is 0 Å². The molecule has 3 rings (SSSR count). The number of carbonyl (C=O) groups is 1. The van der Waals surface area contributed by atoms with Crippen molar-refractivity contribution < 1.29 is 4.79 Å². The summed E-state index contributed by atoms with van der Waals surface area (Å²) in [7, 11) is 0. The van der Waals surface area contributed by atoms with Gasteiger partial charge in [-0.2, -0.15) is 0 Å². The van der Waals surface area contributed by atoms with Gasteiger partial charge in [0.1, 0.15) is 0 Å². The summed E-state index contributed by atoms with van der Waals surface area (Å²) < 4.78 is 0. The number of rotatable bonds is 1. The number of fused-ring (bicyclic) bond motifs is 1. The van der Waals surface area contributed by atoms with E-state index in [-0.39, 0.29) is 11.8 Å². The minimum atomic E-state index is 0.149. The van der Waals surface area contributed by atoms with E-state index in [0.717, 1.165) is 5.69 Å². The van der Waals surface area contributed by atoms with Crippen LogP contribution >= 0.6 is 0 Å². The lowest BCUT2D eigenvalue weighted by atomic mass is 9.96. The highest BCUT2D eigenvalue weighted by atomic mass is 16.2. The number of hydrogen-bond donors (Lipinski definition) is 1. The second-order valence-corrected chi connectivity index (χ2v) is 3.89. The maximum atomic E-state index is 11.6. The fourth-order valence-corrected chi connectivity index (χ4v) is 2.13. The van der Waals surface area contributed by atoms with E-state index in [4.69, 9.17) is 0 Å². The predicted molar refractivity (Wildman–Crippen MR) is 50.5 cm³/mol. The van der Waals surface area contributed by atoms with E-state index in [1.165, 1.54) is 18.4 Å². The third kappa shape index (κ3) is 0.981. The minimum absolute atomic E-state index is 0.149. The number of carbonyl (C=O) groups excluding carboxylic acids is 1. The van der Waals surface area contributed by atoms with Crippen LogP contribution in [0.3, 0.4) is 0 Å². The normalized spacial score (nSPS) is 25.5. The molecule has 0 spiro atoms. The average Bonchev–Trinajstić information content (AvgIpc) is 2.88.